The van der Waals surface area contributed by atoms with Gasteiger partial charge in [0.15, 0.2) is 5.78 Å². The van der Waals surface area contributed by atoms with Gasteiger partial charge in [-0.1, -0.05) is 72.8 Å². The van der Waals surface area contributed by atoms with E-state index in [9.17, 15) is 4.79 Å². The molecule has 3 nitrogen and oxygen atoms in total. The quantitative estimate of drug-likeness (QED) is 0.587. The van der Waals surface area contributed by atoms with Gasteiger partial charge in [0.25, 0.3) is 0 Å². The Kier molecular flexibility index (Phi) is 6.02. The molecule has 0 aliphatic heterocycles. The second-order valence-corrected chi connectivity index (χ2v) is 6.91. The zero-order valence-electron chi connectivity index (χ0n) is 16.5. The molecular weight excluding hydrogens is 372 g/mol. The van der Waals surface area contributed by atoms with Crippen LogP contribution in [0.1, 0.15) is 22.3 Å². The number of aliphatic hydroxyl groups is 1. The van der Waals surface area contributed by atoms with Crippen LogP contribution in [0, 0.1) is 0 Å². The Hall–Kier alpha value is -3.69. The van der Waals surface area contributed by atoms with E-state index in [1.807, 2.05) is 66.7 Å². The van der Waals surface area contributed by atoms with Crippen molar-refractivity contribution in [3.63, 3.8) is 0 Å². The lowest BCUT2D eigenvalue weighted by molar-refractivity contribution is -0.109. The summed E-state index contributed by atoms with van der Waals surface area (Å²) in [5.74, 6) is 0.647. The molecule has 1 aliphatic rings. The third-order valence-corrected chi connectivity index (χ3v) is 4.94. The number of aliphatic hydroxyl groups excluding tert-OH is 1. The molecule has 0 saturated carbocycles. The Bertz CT molecular complexity index is 1080. The zero-order chi connectivity index (χ0) is 20.8. The molecule has 3 heteroatoms. The maximum atomic E-state index is 12.7. The predicted octanol–water partition coefficient (Wildman–Crippen LogP) is 5.17. The molecule has 0 atom stereocenters. The molecule has 3 aromatic carbocycles. The van der Waals surface area contributed by atoms with E-state index in [0.717, 1.165) is 27.8 Å². The van der Waals surface area contributed by atoms with Gasteiger partial charge >= 0.3 is 0 Å². The highest BCUT2D eigenvalue weighted by Gasteiger charge is 2.17. The third kappa shape index (κ3) is 4.32. The molecule has 1 N–H and O–H groups in total. The number of allylic oxidation sites excluding steroid dienone is 4. The number of ether oxygens (including phenoxy) is 1. The summed E-state index contributed by atoms with van der Waals surface area (Å²) in [6.45, 7) is 0.202. The van der Waals surface area contributed by atoms with Crippen LogP contribution in [-0.4, -0.2) is 24.1 Å². The summed E-state index contributed by atoms with van der Waals surface area (Å²) in [5, 5.41) is 8.95. The molecule has 0 aromatic heterocycles. The van der Waals surface area contributed by atoms with Crippen molar-refractivity contribution < 1.29 is 14.6 Å². The van der Waals surface area contributed by atoms with E-state index in [2.05, 4.69) is 24.3 Å². The molecule has 148 valence electrons. The molecule has 1 aliphatic carbocycles. The van der Waals surface area contributed by atoms with E-state index < -0.39 is 0 Å². The Labute approximate surface area is 176 Å². The van der Waals surface area contributed by atoms with E-state index in [-0.39, 0.29) is 19.0 Å². The average Bonchev–Trinajstić information content (AvgIpc) is 2.80. The van der Waals surface area contributed by atoms with Crippen molar-refractivity contribution in [3.05, 3.63) is 119 Å². The first-order chi connectivity index (χ1) is 14.8. The van der Waals surface area contributed by atoms with Crippen LogP contribution in [0.15, 0.2) is 97.1 Å². The third-order valence-electron chi connectivity index (χ3n) is 4.94. The summed E-state index contributed by atoms with van der Waals surface area (Å²) >= 11 is 0. The highest BCUT2D eigenvalue weighted by atomic mass is 16.5. The first-order valence-electron chi connectivity index (χ1n) is 9.89. The summed E-state index contributed by atoms with van der Waals surface area (Å²) in [5.41, 5.74) is 5.67. The van der Waals surface area contributed by atoms with E-state index in [4.69, 9.17) is 9.84 Å². The number of ketones is 1. The van der Waals surface area contributed by atoms with Crippen LogP contribution in [0.25, 0.3) is 17.2 Å². The van der Waals surface area contributed by atoms with Crippen LogP contribution in [0.3, 0.4) is 0 Å². The molecule has 30 heavy (non-hydrogen) atoms. The molecule has 0 fully saturated rings. The lowest BCUT2D eigenvalue weighted by Gasteiger charge is -2.15. The summed E-state index contributed by atoms with van der Waals surface area (Å²) in [7, 11) is 0. The van der Waals surface area contributed by atoms with E-state index >= 15 is 0 Å². The second-order valence-electron chi connectivity index (χ2n) is 6.91. The monoisotopic (exact) mass is 394 g/mol. The molecule has 0 spiro atoms. The largest absolute Gasteiger partial charge is 0.491 e. The van der Waals surface area contributed by atoms with E-state index in [1.165, 1.54) is 0 Å². The van der Waals surface area contributed by atoms with Gasteiger partial charge in [-0.3, -0.25) is 4.79 Å². The van der Waals surface area contributed by atoms with Gasteiger partial charge < -0.3 is 9.84 Å². The molecule has 4 rings (SSSR count). The smallest absolute Gasteiger partial charge is 0.186 e. The van der Waals surface area contributed by atoms with Crippen LogP contribution in [0.2, 0.25) is 0 Å². The van der Waals surface area contributed by atoms with Crippen molar-refractivity contribution in [2.75, 3.05) is 13.2 Å². The van der Waals surface area contributed by atoms with Crippen LogP contribution in [0.5, 0.6) is 5.75 Å². The fraction of sp³-hybridized carbons (Fsp3) is 0.0741. The lowest BCUT2D eigenvalue weighted by atomic mass is 9.90. The molecule has 3 aromatic rings. The summed E-state index contributed by atoms with van der Waals surface area (Å²) in [6, 6.07) is 25.9. The maximum Gasteiger partial charge on any atom is 0.186 e. The van der Waals surface area contributed by atoms with Crippen LogP contribution >= 0.6 is 0 Å². The van der Waals surface area contributed by atoms with Crippen LogP contribution in [-0.2, 0) is 4.79 Å². The molecule has 0 bridgehead atoms. The van der Waals surface area contributed by atoms with Crippen molar-refractivity contribution >= 4 is 23.0 Å². The van der Waals surface area contributed by atoms with Gasteiger partial charge in [0, 0.05) is 5.57 Å². The lowest BCUT2D eigenvalue weighted by Crippen LogP contribution is -2.06. The van der Waals surface area contributed by atoms with Gasteiger partial charge in [0.05, 0.1) is 6.61 Å². The number of hydrogen-bond acceptors (Lipinski definition) is 3. The minimum Gasteiger partial charge on any atom is -0.491 e. The molecule has 0 heterocycles. The van der Waals surface area contributed by atoms with E-state index in [1.54, 1.807) is 12.2 Å². The van der Waals surface area contributed by atoms with Crippen molar-refractivity contribution in [2.45, 2.75) is 0 Å². The molecule has 0 unspecified atom stereocenters. The molecular formula is C27H22O3. The standard InChI is InChI=1S/C27H22O3/c28-17-18-30-23-12-13-25-22(19-23)11-16-27(29)26(25)15-14-24(20-7-3-1-4-8-20)21-9-5-2-6-10-21/h1-16,19,28H,17-18H2/b26-15-. The average molecular weight is 394 g/mol. The number of rotatable bonds is 6. The topological polar surface area (TPSA) is 46.5 Å². The van der Waals surface area contributed by atoms with Crippen LogP contribution < -0.4 is 4.74 Å². The van der Waals surface area contributed by atoms with Gasteiger partial charge in [-0.05, 0) is 58.2 Å². The Morgan fingerprint density at radius 1 is 0.867 bits per heavy atom. The van der Waals surface area contributed by atoms with Gasteiger partial charge in [0.2, 0.25) is 0 Å². The molecule has 0 amide bonds. The Morgan fingerprint density at radius 3 is 2.17 bits per heavy atom. The van der Waals surface area contributed by atoms with Crippen molar-refractivity contribution in [3.8, 4) is 5.75 Å². The zero-order valence-corrected chi connectivity index (χ0v) is 16.5. The maximum absolute atomic E-state index is 12.7. The van der Waals surface area contributed by atoms with Crippen molar-refractivity contribution in [2.24, 2.45) is 0 Å². The molecule has 0 radical (unpaired) electrons. The highest BCUT2D eigenvalue weighted by molar-refractivity contribution is 6.30. The minimum atomic E-state index is -0.0386. The first-order valence-corrected chi connectivity index (χ1v) is 9.89. The fourth-order valence-electron chi connectivity index (χ4n) is 3.50. The summed E-state index contributed by atoms with van der Waals surface area (Å²) in [4.78, 5) is 12.7. The number of fused-ring (bicyclic) bond motifs is 1. The minimum absolute atomic E-state index is 0.0248. The van der Waals surface area contributed by atoms with Gasteiger partial charge in [-0.25, -0.2) is 0 Å². The number of carbonyl (C=O) groups excluding carboxylic acids is 1. The first kappa shape index (κ1) is 19.6. The van der Waals surface area contributed by atoms with Gasteiger partial charge in [0.1, 0.15) is 12.4 Å². The van der Waals surface area contributed by atoms with Crippen LogP contribution in [0.4, 0.5) is 0 Å². The van der Waals surface area contributed by atoms with E-state index in [0.29, 0.717) is 11.3 Å². The predicted molar refractivity (Wildman–Crippen MR) is 121 cm³/mol. The second kappa shape index (κ2) is 9.21. The van der Waals surface area contributed by atoms with Crippen molar-refractivity contribution in [1.29, 1.82) is 0 Å². The number of carbonyl (C=O) groups is 1. The number of benzene rings is 3. The van der Waals surface area contributed by atoms with Gasteiger partial charge in [-0.15, -0.1) is 0 Å². The SMILES string of the molecule is O=C1C=Cc2cc(OCCO)ccc2/C1=C/C=C(c1ccccc1)c1ccccc1. The Balaban J connectivity index is 1.76. The number of hydrogen-bond donors (Lipinski definition) is 1. The van der Waals surface area contributed by atoms with Gasteiger partial charge in [-0.2, -0.15) is 0 Å². The normalized spacial score (nSPS) is 13.8. The Morgan fingerprint density at radius 2 is 1.53 bits per heavy atom. The molecule has 0 saturated heterocycles. The summed E-state index contributed by atoms with van der Waals surface area (Å²) < 4.78 is 5.50. The van der Waals surface area contributed by atoms with Crippen molar-refractivity contribution in [1.82, 2.24) is 0 Å². The summed E-state index contributed by atoms with van der Waals surface area (Å²) in [6.07, 6.45) is 7.30. The highest BCUT2D eigenvalue weighted by Crippen LogP contribution is 2.31. The fourth-order valence-corrected chi connectivity index (χ4v) is 3.50.